The largest absolute Gasteiger partial charge is 0.463 e. The van der Waals surface area contributed by atoms with Crippen molar-refractivity contribution in [3.63, 3.8) is 0 Å². The van der Waals surface area contributed by atoms with Crippen molar-refractivity contribution in [3.05, 3.63) is 0 Å². The van der Waals surface area contributed by atoms with E-state index in [-0.39, 0.29) is 13.1 Å². The first-order valence-electron chi connectivity index (χ1n) is 7.52. The van der Waals surface area contributed by atoms with E-state index < -0.39 is 5.97 Å². The van der Waals surface area contributed by atoms with Crippen molar-refractivity contribution in [1.29, 1.82) is 0 Å². The Morgan fingerprint density at radius 2 is 1.42 bits per heavy atom. The zero-order valence-electron chi connectivity index (χ0n) is 12.2. The van der Waals surface area contributed by atoms with Crippen LogP contribution in [0.4, 0.5) is 0 Å². The van der Waals surface area contributed by atoms with E-state index in [1.165, 1.54) is 51.4 Å². The molecule has 112 valence electrons. The minimum atomic E-state index is -0.469. The van der Waals surface area contributed by atoms with Crippen LogP contribution >= 0.6 is 0 Å². The number of hydrogen-bond acceptors (Lipinski definition) is 4. The molecular weight excluding hydrogens is 244 g/mol. The van der Waals surface area contributed by atoms with Crippen LogP contribution in [0.5, 0.6) is 0 Å². The molecule has 0 bridgehead atoms. The molecule has 4 heteroatoms. The minimum absolute atomic E-state index is 0.252. The van der Waals surface area contributed by atoms with E-state index in [2.05, 4.69) is 11.7 Å². The Kier molecular flexibility index (Phi) is 14.2. The number of carbonyl (C=O) groups is 2. The number of carbonyl (C=O) groups excluding carboxylic acids is 2. The average molecular weight is 272 g/mol. The Morgan fingerprint density at radius 3 is 1.95 bits per heavy atom. The van der Waals surface area contributed by atoms with Crippen molar-refractivity contribution in [2.24, 2.45) is 0 Å². The second-order valence-corrected chi connectivity index (χ2v) is 4.81. The highest BCUT2D eigenvalue weighted by Crippen LogP contribution is 2.10. The first-order chi connectivity index (χ1) is 9.31. The van der Waals surface area contributed by atoms with Gasteiger partial charge in [-0.1, -0.05) is 64.7 Å². The summed E-state index contributed by atoms with van der Waals surface area (Å²) in [5.41, 5.74) is 0. The molecule has 0 aliphatic rings. The van der Waals surface area contributed by atoms with Crippen LogP contribution in [0, 0.1) is 0 Å². The molecule has 0 unspecified atom stereocenters. The molecule has 0 saturated carbocycles. The van der Waals surface area contributed by atoms with Gasteiger partial charge in [-0.05, 0) is 6.42 Å². The molecule has 19 heavy (non-hydrogen) atoms. The van der Waals surface area contributed by atoms with E-state index in [1.807, 2.05) is 0 Å². The average Bonchev–Trinajstić information content (AvgIpc) is 2.42. The number of unbranched alkanes of at least 4 members (excludes halogenated alkanes) is 9. The van der Waals surface area contributed by atoms with Crippen molar-refractivity contribution in [3.8, 4) is 0 Å². The minimum Gasteiger partial charge on any atom is -0.463 e. The van der Waals surface area contributed by atoms with Crippen LogP contribution in [-0.4, -0.2) is 25.7 Å². The highest BCUT2D eigenvalue weighted by Gasteiger charge is 2.01. The lowest BCUT2D eigenvalue weighted by Crippen LogP contribution is -2.12. The third-order valence-corrected chi connectivity index (χ3v) is 3.03. The van der Waals surface area contributed by atoms with Gasteiger partial charge in [0, 0.05) is 0 Å². The Hall–Kier alpha value is -1.06. The number of ether oxygens (including phenoxy) is 2. The molecule has 0 aromatic heterocycles. The highest BCUT2D eigenvalue weighted by molar-refractivity contribution is 5.71. The van der Waals surface area contributed by atoms with Gasteiger partial charge in [0.25, 0.3) is 6.47 Å². The number of esters is 1. The van der Waals surface area contributed by atoms with Gasteiger partial charge in [0.05, 0.1) is 6.61 Å². The number of rotatable bonds is 14. The van der Waals surface area contributed by atoms with Gasteiger partial charge in [-0.3, -0.25) is 4.79 Å². The van der Waals surface area contributed by atoms with Crippen LogP contribution < -0.4 is 0 Å². The van der Waals surface area contributed by atoms with Crippen molar-refractivity contribution < 1.29 is 19.1 Å². The quantitative estimate of drug-likeness (QED) is 0.275. The predicted octanol–water partition coefficient (Wildman–Crippen LogP) is 3.62. The molecule has 0 spiro atoms. The molecule has 0 heterocycles. The van der Waals surface area contributed by atoms with E-state index in [0.717, 1.165) is 12.8 Å². The summed E-state index contributed by atoms with van der Waals surface area (Å²) in [6.45, 7) is 2.64. The Bertz CT molecular complexity index is 216. The Balaban J connectivity index is 3.06. The molecule has 0 N–H and O–H groups in total. The summed E-state index contributed by atoms with van der Waals surface area (Å²) in [7, 11) is 0. The van der Waals surface area contributed by atoms with Crippen molar-refractivity contribution in [2.45, 2.75) is 71.1 Å². The second-order valence-electron chi connectivity index (χ2n) is 4.81. The summed E-state index contributed by atoms with van der Waals surface area (Å²) in [4.78, 5) is 20.8. The number of hydrogen-bond donors (Lipinski definition) is 0. The fourth-order valence-electron chi connectivity index (χ4n) is 1.92. The Labute approximate surface area is 116 Å². The summed E-state index contributed by atoms with van der Waals surface area (Å²) in [5.74, 6) is -0.469. The van der Waals surface area contributed by atoms with Crippen LogP contribution in [0.3, 0.4) is 0 Å². The second kappa shape index (κ2) is 15.0. The maximum absolute atomic E-state index is 11.0. The van der Waals surface area contributed by atoms with E-state index in [0.29, 0.717) is 6.61 Å². The van der Waals surface area contributed by atoms with Crippen LogP contribution in [0.25, 0.3) is 0 Å². The van der Waals surface area contributed by atoms with E-state index in [1.54, 1.807) is 0 Å². The van der Waals surface area contributed by atoms with Crippen LogP contribution in [0.1, 0.15) is 71.1 Å². The third kappa shape index (κ3) is 14.9. The molecule has 0 fully saturated rings. The van der Waals surface area contributed by atoms with Gasteiger partial charge in [0.1, 0.15) is 0 Å². The summed E-state index contributed by atoms with van der Waals surface area (Å²) in [6.07, 6.45) is 12.5. The van der Waals surface area contributed by atoms with Gasteiger partial charge < -0.3 is 9.47 Å². The monoisotopic (exact) mass is 272 g/mol. The zero-order valence-corrected chi connectivity index (χ0v) is 12.2. The normalized spacial score (nSPS) is 10.2. The van der Waals surface area contributed by atoms with Crippen molar-refractivity contribution in [2.75, 3.05) is 13.2 Å². The van der Waals surface area contributed by atoms with Crippen LogP contribution in [0.2, 0.25) is 0 Å². The molecule has 0 atom stereocenters. The highest BCUT2D eigenvalue weighted by atomic mass is 16.6. The molecule has 0 aliphatic carbocycles. The van der Waals surface area contributed by atoms with Crippen LogP contribution in [-0.2, 0) is 19.1 Å². The molecule has 0 aliphatic heterocycles. The van der Waals surface area contributed by atoms with Gasteiger partial charge in [0.2, 0.25) is 0 Å². The standard InChI is InChI=1S/C15H28O4/c1-2-3-4-5-6-7-8-9-10-11-12-19-15(17)13-18-14-16/h14H,2-13H2,1H3. The molecule has 0 rings (SSSR count). The fraction of sp³-hybridized carbons (Fsp3) is 0.867. The predicted molar refractivity (Wildman–Crippen MR) is 74.8 cm³/mol. The van der Waals surface area contributed by atoms with E-state index in [4.69, 9.17) is 4.74 Å². The topological polar surface area (TPSA) is 52.6 Å². The fourth-order valence-corrected chi connectivity index (χ4v) is 1.92. The maximum Gasteiger partial charge on any atom is 0.344 e. The molecule has 0 amide bonds. The lowest BCUT2D eigenvalue weighted by Gasteiger charge is -2.04. The SMILES string of the molecule is CCCCCCCCCCCCOC(=O)COC=O. The summed E-state index contributed by atoms with van der Waals surface area (Å²) >= 11 is 0. The maximum atomic E-state index is 11.0. The van der Waals surface area contributed by atoms with Gasteiger partial charge in [-0.2, -0.15) is 0 Å². The van der Waals surface area contributed by atoms with Crippen molar-refractivity contribution in [1.82, 2.24) is 0 Å². The lowest BCUT2D eigenvalue weighted by molar-refractivity contribution is -0.153. The molecule has 0 radical (unpaired) electrons. The van der Waals surface area contributed by atoms with E-state index in [9.17, 15) is 9.59 Å². The summed E-state index contributed by atoms with van der Waals surface area (Å²) in [5, 5.41) is 0. The van der Waals surface area contributed by atoms with Gasteiger partial charge >= 0.3 is 5.97 Å². The molecule has 0 saturated heterocycles. The zero-order chi connectivity index (χ0) is 14.2. The first kappa shape index (κ1) is 17.9. The van der Waals surface area contributed by atoms with Gasteiger partial charge in [0.15, 0.2) is 6.61 Å². The molecular formula is C15H28O4. The van der Waals surface area contributed by atoms with Crippen LogP contribution in [0.15, 0.2) is 0 Å². The third-order valence-electron chi connectivity index (χ3n) is 3.03. The van der Waals surface area contributed by atoms with Crippen molar-refractivity contribution >= 4 is 12.4 Å². The molecule has 0 aromatic rings. The van der Waals surface area contributed by atoms with E-state index >= 15 is 0 Å². The smallest absolute Gasteiger partial charge is 0.344 e. The molecule has 0 aromatic carbocycles. The van der Waals surface area contributed by atoms with Gasteiger partial charge in [-0.15, -0.1) is 0 Å². The summed E-state index contributed by atoms with van der Waals surface area (Å²) < 4.78 is 9.18. The molecule has 4 nitrogen and oxygen atoms in total. The van der Waals surface area contributed by atoms with Gasteiger partial charge in [-0.25, -0.2) is 4.79 Å². The summed E-state index contributed by atoms with van der Waals surface area (Å²) in [6, 6.07) is 0. The first-order valence-corrected chi connectivity index (χ1v) is 7.52. The Morgan fingerprint density at radius 1 is 0.895 bits per heavy atom. The lowest BCUT2D eigenvalue weighted by atomic mass is 10.1.